The Morgan fingerprint density at radius 2 is 2.11 bits per heavy atom. The van der Waals surface area contributed by atoms with Crippen LogP contribution >= 0.6 is 11.3 Å². The minimum Gasteiger partial charge on any atom is -0.385 e. The molecule has 1 aromatic carbocycles. The lowest BCUT2D eigenvalue weighted by molar-refractivity contribution is -0.120. The zero-order valence-electron chi connectivity index (χ0n) is 10.9. The molecule has 0 spiro atoms. The lowest BCUT2D eigenvalue weighted by Crippen LogP contribution is -2.28. The average molecular weight is 276 g/mol. The average Bonchev–Trinajstić information content (AvgIpc) is 2.75. The predicted molar refractivity (Wildman–Crippen MR) is 76.1 cm³/mol. The van der Waals surface area contributed by atoms with Gasteiger partial charge in [-0.25, -0.2) is 4.98 Å². The maximum atomic E-state index is 11.9. The standard InChI is InChI=1S/C14H16N2O2S/c1-10-9-15-13(19-10)16-12(17)8-14(2,18)11-6-4-3-5-7-11/h3-7,9,18H,8H2,1-2H3,(H,15,16,17). The van der Waals surface area contributed by atoms with Crippen molar-refractivity contribution in [1.82, 2.24) is 4.98 Å². The summed E-state index contributed by atoms with van der Waals surface area (Å²) in [5, 5.41) is 13.6. The molecule has 0 saturated carbocycles. The summed E-state index contributed by atoms with van der Waals surface area (Å²) in [5.74, 6) is -0.247. The molecule has 2 aromatic rings. The maximum absolute atomic E-state index is 11.9. The Morgan fingerprint density at radius 3 is 2.68 bits per heavy atom. The van der Waals surface area contributed by atoms with Gasteiger partial charge in [0.25, 0.3) is 0 Å². The molecule has 1 unspecified atom stereocenters. The molecule has 5 heteroatoms. The first-order chi connectivity index (χ1) is 8.97. The molecule has 19 heavy (non-hydrogen) atoms. The number of aliphatic hydroxyl groups is 1. The zero-order valence-corrected chi connectivity index (χ0v) is 11.7. The van der Waals surface area contributed by atoms with E-state index in [9.17, 15) is 9.90 Å². The van der Waals surface area contributed by atoms with Crippen molar-refractivity contribution in [3.8, 4) is 0 Å². The monoisotopic (exact) mass is 276 g/mol. The number of hydrogen-bond acceptors (Lipinski definition) is 4. The molecule has 2 N–H and O–H groups in total. The fourth-order valence-corrected chi connectivity index (χ4v) is 2.47. The smallest absolute Gasteiger partial charge is 0.229 e. The number of anilines is 1. The minimum atomic E-state index is -1.18. The van der Waals surface area contributed by atoms with Gasteiger partial charge < -0.3 is 10.4 Å². The van der Waals surface area contributed by atoms with Crippen molar-refractivity contribution in [2.24, 2.45) is 0 Å². The van der Waals surface area contributed by atoms with Crippen LogP contribution in [-0.2, 0) is 10.4 Å². The number of thiazole rings is 1. The van der Waals surface area contributed by atoms with Gasteiger partial charge in [0.05, 0.1) is 12.0 Å². The number of nitrogens with one attached hydrogen (secondary N) is 1. The van der Waals surface area contributed by atoms with Gasteiger partial charge in [0.2, 0.25) is 5.91 Å². The summed E-state index contributed by atoms with van der Waals surface area (Å²) in [6.45, 7) is 3.56. The van der Waals surface area contributed by atoms with Crippen molar-refractivity contribution in [3.63, 3.8) is 0 Å². The van der Waals surface area contributed by atoms with Gasteiger partial charge in [-0.1, -0.05) is 30.3 Å². The molecule has 2 rings (SSSR count). The highest BCUT2D eigenvalue weighted by molar-refractivity contribution is 7.15. The van der Waals surface area contributed by atoms with Gasteiger partial charge in [-0.3, -0.25) is 4.79 Å². The van der Waals surface area contributed by atoms with Gasteiger partial charge in [-0.15, -0.1) is 11.3 Å². The van der Waals surface area contributed by atoms with E-state index in [0.29, 0.717) is 5.13 Å². The van der Waals surface area contributed by atoms with Gasteiger partial charge in [0.15, 0.2) is 5.13 Å². The molecule has 0 aliphatic carbocycles. The summed E-state index contributed by atoms with van der Waals surface area (Å²) in [6, 6.07) is 9.16. The van der Waals surface area contributed by atoms with E-state index in [-0.39, 0.29) is 12.3 Å². The fraction of sp³-hybridized carbons (Fsp3) is 0.286. The van der Waals surface area contributed by atoms with Crippen molar-refractivity contribution in [2.75, 3.05) is 5.32 Å². The highest BCUT2D eigenvalue weighted by Gasteiger charge is 2.26. The van der Waals surface area contributed by atoms with E-state index in [1.165, 1.54) is 11.3 Å². The number of carbonyl (C=O) groups excluding carboxylic acids is 1. The van der Waals surface area contributed by atoms with E-state index in [2.05, 4.69) is 10.3 Å². The van der Waals surface area contributed by atoms with Crippen LogP contribution in [-0.4, -0.2) is 16.0 Å². The number of aryl methyl sites for hydroxylation is 1. The SMILES string of the molecule is Cc1cnc(NC(=O)CC(C)(O)c2ccccc2)s1. The third-order valence-corrected chi connectivity index (χ3v) is 3.60. The molecular weight excluding hydrogens is 260 g/mol. The molecule has 0 aliphatic rings. The third kappa shape index (κ3) is 3.62. The fourth-order valence-electron chi connectivity index (χ4n) is 1.79. The molecule has 4 nitrogen and oxygen atoms in total. The van der Waals surface area contributed by atoms with Crippen LogP contribution in [0, 0.1) is 6.92 Å². The van der Waals surface area contributed by atoms with Gasteiger partial charge in [-0.05, 0) is 19.4 Å². The van der Waals surface area contributed by atoms with E-state index in [1.807, 2.05) is 25.1 Å². The Hall–Kier alpha value is -1.72. The maximum Gasteiger partial charge on any atom is 0.229 e. The summed E-state index contributed by atoms with van der Waals surface area (Å²) in [6.07, 6.45) is 1.70. The zero-order chi connectivity index (χ0) is 13.9. The van der Waals surface area contributed by atoms with E-state index in [4.69, 9.17) is 0 Å². The molecule has 1 atom stereocenters. The van der Waals surface area contributed by atoms with E-state index < -0.39 is 5.60 Å². The number of benzene rings is 1. The number of aromatic nitrogens is 1. The van der Waals surface area contributed by atoms with Crippen molar-refractivity contribution in [1.29, 1.82) is 0 Å². The lowest BCUT2D eigenvalue weighted by atomic mass is 9.92. The number of hydrogen-bond donors (Lipinski definition) is 2. The van der Waals surface area contributed by atoms with Gasteiger partial charge in [0.1, 0.15) is 0 Å². The molecule has 0 radical (unpaired) electrons. The van der Waals surface area contributed by atoms with Gasteiger partial charge in [0, 0.05) is 11.1 Å². The van der Waals surface area contributed by atoms with Crippen LogP contribution in [0.5, 0.6) is 0 Å². The van der Waals surface area contributed by atoms with Crippen LogP contribution in [0.4, 0.5) is 5.13 Å². The van der Waals surface area contributed by atoms with Crippen LogP contribution in [0.3, 0.4) is 0 Å². The molecule has 1 amide bonds. The summed E-state index contributed by atoms with van der Waals surface area (Å²) < 4.78 is 0. The molecule has 0 aliphatic heterocycles. The largest absolute Gasteiger partial charge is 0.385 e. The van der Waals surface area contributed by atoms with Crippen LogP contribution in [0.2, 0.25) is 0 Å². The highest BCUT2D eigenvalue weighted by atomic mass is 32.1. The number of rotatable bonds is 4. The van der Waals surface area contributed by atoms with Gasteiger partial charge >= 0.3 is 0 Å². The summed E-state index contributed by atoms with van der Waals surface area (Å²) in [5.41, 5.74) is -0.460. The molecule has 1 aromatic heterocycles. The Morgan fingerprint density at radius 1 is 1.42 bits per heavy atom. The molecule has 100 valence electrons. The first-order valence-corrected chi connectivity index (χ1v) is 6.79. The summed E-state index contributed by atoms with van der Waals surface area (Å²) in [7, 11) is 0. The van der Waals surface area contributed by atoms with Crippen molar-refractivity contribution in [2.45, 2.75) is 25.9 Å². The van der Waals surface area contributed by atoms with Crippen LogP contribution in [0.15, 0.2) is 36.5 Å². The second-order valence-corrected chi connectivity index (χ2v) is 5.88. The molecule has 0 fully saturated rings. The number of amides is 1. The van der Waals surface area contributed by atoms with Crippen LogP contribution in [0.1, 0.15) is 23.8 Å². The summed E-state index contributed by atoms with van der Waals surface area (Å²) >= 11 is 1.41. The molecular formula is C14H16N2O2S. The Bertz CT molecular complexity index is 564. The first-order valence-electron chi connectivity index (χ1n) is 5.97. The van der Waals surface area contributed by atoms with Crippen LogP contribution in [0.25, 0.3) is 0 Å². The van der Waals surface area contributed by atoms with E-state index in [1.54, 1.807) is 25.3 Å². The first kappa shape index (κ1) is 13.7. The van der Waals surface area contributed by atoms with Crippen molar-refractivity contribution < 1.29 is 9.90 Å². The number of carbonyl (C=O) groups is 1. The Balaban J connectivity index is 2.02. The second-order valence-electron chi connectivity index (χ2n) is 4.64. The van der Waals surface area contributed by atoms with Crippen molar-refractivity contribution in [3.05, 3.63) is 47.0 Å². The van der Waals surface area contributed by atoms with Crippen LogP contribution < -0.4 is 5.32 Å². The predicted octanol–water partition coefficient (Wildman–Crippen LogP) is 2.69. The number of nitrogens with zero attached hydrogens (tertiary/aromatic N) is 1. The minimum absolute atomic E-state index is 0.00432. The second kappa shape index (κ2) is 5.50. The topological polar surface area (TPSA) is 62.2 Å². The highest BCUT2D eigenvalue weighted by Crippen LogP contribution is 2.25. The van der Waals surface area contributed by atoms with E-state index in [0.717, 1.165) is 10.4 Å². The van der Waals surface area contributed by atoms with E-state index >= 15 is 0 Å². The lowest BCUT2D eigenvalue weighted by Gasteiger charge is -2.22. The molecule has 1 heterocycles. The quantitative estimate of drug-likeness (QED) is 0.902. The normalized spacial score (nSPS) is 13.8. The summed E-state index contributed by atoms with van der Waals surface area (Å²) in [4.78, 5) is 17.0. The Labute approximate surface area is 116 Å². The van der Waals surface area contributed by atoms with Gasteiger partial charge in [-0.2, -0.15) is 0 Å². The third-order valence-electron chi connectivity index (χ3n) is 2.77. The Kier molecular flexibility index (Phi) is 3.97. The van der Waals surface area contributed by atoms with Crippen molar-refractivity contribution >= 4 is 22.4 Å². The molecule has 0 bridgehead atoms. The molecule has 0 saturated heterocycles.